The van der Waals surface area contributed by atoms with Crippen LogP contribution in [-0.2, 0) is 10.0 Å². The van der Waals surface area contributed by atoms with Crippen LogP contribution >= 0.6 is 0 Å². The normalized spacial score (nSPS) is 16.0. The monoisotopic (exact) mass is 325 g/mol. The fraction of sp³-hybridized carbons (Fsp3) is 0.562. The van der Waals surface area contributed by atoms with Crippen molar-refractivity contribution in [2.75, 3.05) is 7.05 Å². The third-order valence-corrected chi connectivity index (χ3v) is 6.07. The van der Waals surface area contributed by atoms with Crippen molar-refractivity contribution in [3.8, 4) is 5.75 Å². The minimum absolute atomic E-state index is 0.197. The van der Waals surface area contributed by atoms with Crippen LogP contribution in [0, 0.1) is 0 Å². The maximum absolute atomic E-state index is 12.4. The van der Waals surface area contributed by atoms with Gasteiger partial charge in [0.2, 0.25) is 10.0 Å². The summed E-state index contributed by atoms with van der Waals surface area (Å²) >= 11 is 0. The van der Waals surface area contributed by atoms with Crippen molar-refractivity contribution < 1.29 is 17.9 Å². The first-order chi connectivity index (χ1) is 10.3. The van der Waals surface area contributed by atoms with Gasteiger partial charge < -0.3 is 4.74 Å². The highest BCUT2D eigenvalue weighted by Crippen LogP contribution is 2.25. The molecule has 0 spiro atoms. The van der Waals surface area contributed by atoms with Crippen molar-refractivity contribution in [3.05, 3.63) is 29.8 Å². The van der Waals surface area contributed by atoms with Gasteiger partial charge in [-0.05, 0) is 57.7 Å². The lowest BCUT2D eigenvalue weighted by atomic mass is 10.2. The molecule has 1 aliphatic carbocycles. The van der Waals surface area contributed by atoms with Crippen LogP contribution in [0.3, 0.4) is 0 Å². The summed E-state index contributed by atoms with van der Waals surface area (Å²) in [7, 11) is -2.32. The molecule has 0 bridgehead atoms. The van der Waals surface area contributed by atoms with Gasteiger partial charge in [0.25, 0.3) is 5.91 Å². The summed E-state index contributed by atoms with van der Waals surface area (Å²) < 4.78 is 30.8. The molecule has 1 aromatic rings. The number of ether oxygens (including phenoxy) is 1. The van der Waals surface area contributed by atoms with Crippen LogP contribution in [0.2, 0.25) is 0 Å². The first-order valence-corrected chi connectivity index (χ1v) is 9.11. The highest BCUT2D eigenvalue weighted by molar-refractivity contribution is 7.90. The quantitative estimate of drug-likeness (QED) is 0.835. The van der Waals surface area contributed by atoms with E-state index >= 15 is 0 Å². The molecule has 5 nitrogen and oxygen atoms in total. The molecule has 1 amide bonds. The number of amides is 1. The first kappa shape index (κ1) is 16.8. The third kappa shape index (κ3) is 3.61. The van der Waals surface area contributed by atoms with E-state index in [1.807, 2.05) is 0 Å². The summed E-state index contributed by atoms with van der Waals surface area (Å²) in [5.41, 5.74) is 0.322. The van der Waals surface area contributed by atoms with Crippen molar-refractivity contribution >= 4 is 15.9 Å². The smallest absolute Gasteiger partial charge is 0.267 e. The maximum Gasteiger partial charge on any atom is 0.267 e. The fourth-order valence-corrected chi connectivity index (χ4v) is 3.48. The largest absolute Gasteiger partial charge is 0.490 e. The average molecular weight is 325 g/mol. The van der Waals surface area contributed by atoms with Crippen LogP contribution in [0.25, 0.3) is 0 Å². The molecule has 2 rings (SSSR count). The number of sulfonamides is 1. The number of rotatable bonds is 5. The van der Waals surface area contributed by atoms with Gasteiger partial charge in [0, 0.05) is 12.6 Å². The van der Waals surface area contributed by atoms with E-state index in [9.17, 15) is 13.2 Å². The Balaban J connectivity index is 2.16. The van der Waals surface area contributed by atoms with Gasteiger partial charge in [-0.25, -0.2) is 12.7 Å². The van der Waals surface area contributed by atoms with Gasteiger partial charge in [0.15, 0.2) is 0 Å². The van der Waals surface area contributed by atoms with E-state index < -0.39 is 21.2 Å². The molecule has 0 N–H and O–H groups in total. The van der Waals surface area contributed by atoms with Gasteiger partial charge in [-0.15, -0.1) is 0 Å². The van der Waals surface area contributed by atoms with Crippen LogP contribution < -0.4 is 4.74 Å². The van der Waals surface area contributed by atoms with E-state index in [2.05, 4.69) is 0 Å². The Morgan fingerprint density at radius 3 is 2.50 bits per heavy atom. The summed E-state index contributed by atoms with van der Waals surface area (Å²) in [5, 5.41) is -0.639. The zero-order valence-corrected chi connectivity index (χ0v) is 14.1. The van der Waals surface area contributed by atoms with Crippen LogP contribution in [0.1, 0.15) is 49.9 Å². The molecule has 0 aromatic heterocycles. The zero-order valence-electron chi connectivity index (χ0n) is 13.3. The molecule has 0 heterocycles. The molecule has 6 heteroatoms. The first-order valence-electron chi connectivity index (χ1n) is 7.61. The minimum Gasteiger partial charge on any atom is -0.490 e. The Morgan fingerprint density at radius 2 is 1.91 bits per heavy atom. The second-order valence-electron chi connectivity index (χ2n) is 5.92. The lowest BCUT2D eigenvalue weighted by Crippen LogP contribution is -2.37. The zero-order chi connectivity index (χ0) is 16.3. The molecule has 0 aliphatic heterocycles. The summed E-state index contributed by atoms with van der Waals surface area (Å²) in [6.45, 7) is 3.11. The van der Waals surface area contributed by atoms with Crippen molar-refractivity contribution in [1.29, 1.82) is 0 Å². The summed E-state index contributed by atoms with van der Waals surface area (Å²) in [6, 6.07) is 6.74. The molecule has 122 valence electrons. The van der Waals surface area contributed by atoms with E-state index in [4.69, 9.17) is 4.74 Å². The lowest BCUT2D eigenvalue weighted by Gasteiger charge is -2.20. The van der Waals surface area contributed by atoms with Gasteiger partial charge in [-0.3, -0.25) is 4.79 Å². The molecule has 0 saturated heterocycles. The molecule has 1 aromatic carbocycles. The molecule has 22 heavy (non-hydrogen) atoms. The van der Waals surface area contributed by atoms with E-state index in [-0.39, 0.29) is 6.10 Å². The predicted molar refractivity (Wildman–Crippen MR) is 85.5 cm³/mol. The van der Waals surface area contributed by atoms with Gasteiger partial charge >= 0.3 is 0 Å². The Hall–Kier alpha value is -1.56. The Bertz CT molecular complexity index is 633. The summed E-state index contributed by atoms with van der Waals surface area (Å²) in [6.07, 6.45) is 4.58. The number of benzene rings is 1. The maximum atomic E-state index is 12.4. The van der Waals surface area contributed by atoms with Gasteiger partial charge in [0.1, 0.15) is 5.75 Å². The average Bonchev–Trinajstić information content (AvgIpc) is 2.98. The number of nitrogens with zero attached hydrogens (tertiary/aromatic N) is 1. The van der Waals surface area contributed by atoms with Crippen LogP contribution in [0.5, 0.6) is 5.75 Å². The van der Waals surface area contributed by atoms with Crippen LogP contribution in [0.15, 0.2) is 24.3 Å². The van der Waals surface area contributed by atoms with Crippen LogP contribution in [0.4, 0.5) is 0 Å². The molecular weight excluding hydrogens is 302 g/mol. The molecule has 0 atom stereocenters. The second-order valence-corrected chi connectivity index (χ2v) is 8.44. The number of hydrogen-bond donors (Lipinski definition) is 0. The molecule has 1 saturated carbocycles. The standard InChI is InChI=1S/C16H23NO4S/c1-12(2)22(19,20)17(3)16(18)13-7-6-10-15(11-13)21-14-8-4-5-9-14/h6-7,10-12,14H,4-5,8-9H2,1-3H3. The van der Waals surface area contributed by atoms with E-state index in [0.29, 0.717) is 11.3 Å². The summed E-state index contributed by atoms with van der Waals surface area (Å²) in [5.74, 6) is 0.0821. The summed E-state index contributed by atoms with van der Waals surface area (Å²) in [4.78, 5) is 12.4. The fourth-order valence-electron chi connectivity index (χ4n) is 2.51. The van der Waals surface area contributed by atoms with E-state index in [1.54, 1.807) is 38.1 Å². The Labute approximate surface area is 132 Å². The Morgan fingerprint density at radius 1 is 1.27 bits per heavy atom. The van der Waals surface area contributed by atoms with Crippen molar-refractivity contribution in [2.45, 2.75) is 50.9 Å². The molecule has 0 unspecified atom stereocenters. The topological polar surface area (TPSA) is 63.7 Å². The highest BCUT2D eigenvalue weighted by atomic mass is 32.2. The second kappa shape index (κ2) is 6.69. The van der Waals surface area contributed by atoms with E-state index in [1.165, 1.54) is 19.9 Å². The number of carbonyl (C=O) groups is 1. The molecule has 0 radical (unpaired) electrons. The lowest BCUT2D eigenvalue weighted by molar-refractivity contribution is 0.0881. The predicted octanol–water partition coefficient (Wildman–Crippen LogP) is 2.82. The van der Waals surface area contributed by atoms with Crippen molar-refractivity contribution in [3.63, 3.8) is 0 Å². The van der Waals surface area contributed by atoms with Gasteiger partial charge in [-0.1, -0.05) is 6.07 Å². The number of hydrogen-bond acceptors (Lipinski definition) is 4. The van der Waals surface area contributed by atoms with Crippen molar-refractivity contribution in [1.82, 2.24) is 4.31 Å². The SMILES string of the molecule is CC(C)S(=O)(=O)N(C)C(=O)c1cccc(OC2CCCC2)c1. The number of carbonyl (C=O) groups excluding carboxylic acids is 1. The van der Waals surface area contributed by atoms with Crippen LogP contribution in [-0.4, -0.2) is 37.0 Å². The van der Waals surface area contributed by atoms with Crippen molar-refractivity contribution in [2.24, 2.45) is 0 Å². The Kier molecular flexibility index (Phi) is 5.11. The third-order valence-electron chi connectivity index (χ3n) is 3.95. The minimum atomic E-state index is -3.62. The highest BCUT2D eigenvalue weighted by Gasteiger charge is 2.27. The molecule has 1 fully saturated rings. The molecule has 1 aliphatic rings. The van der Waals surface area contributed by atoms with Gasteiger partial charge in [-0.2, -0.15) is 0 Å². The van der Waals surface area contributed by atoms with E-state index in [0.717, 1.165) is 17.1 Å². The van der Waals surface area contributed by atoms with Gasteiger partial charge in [0.05, 0.1) is 11.4 Å². The molecular formula is C16H23NO4S.